The highest BCUT2D eigenvalue weighted by molar-refractivity contribution is 5.95. The molecule has 0 bridgehead atoms. The predicted octanol–water partition coefficient (Wildman–Crippen LogP) is 0.872. The summed E-state index contributed by atoms with van der Waals surface area (Å²) in [7, 11) is 0. The van der Waals surface area contributed by atoms with Crippen LogP contribution in [0.3, 0.4) is 0 Å². The molecule has 8 heteroatoms. The fourth-order valence-electron chi connectivity index (χ4n) is 2.45. The summed E-state index contributed by atoms with van der Waals surface area (Å²) in [4.78, 5) is 39.2. The maximum absolute atomic E-state index is 12.3. The molecule has 0 atom stereocenters. The highest BCUT2D eigenvalue weighted by Gasteiger charge is 2.11. The van der Waals surface area contributed by atoms with Gasteiger partial charge in [0, 0.05) is 11.9 Å². The van der Waals surface area contributed by atoms with Crippen LogP contribution in [0.2, 0.25) is 0 Å². The Balaban J connectivity index is 2.02. The van der Waals surface area contributed by atoms with Crippen LogP contribution < -0.4 is 16.0 Å². The second kappa shape index (κ2) is 10.0. The molecule has 0 unspecified atom stereocenters. The number of hydrogen-bond donors (Lipinski definition) is 4. The van der Waals surface area contributed by atoms with E-state index in [-0.39, 0.29) is 18.9 Å². The van der Waals surface area contributed by atoms with Crippen molar-refractivity contribution >= 4 is 29.2 Å². The molecule has 0 radical (unpaired) electrons. The zero-order valence-electron chi connectivity index (χ0n) is 15.0. The van der Waals surface area contributed by atoms with Crippen molar-refractivity contribution in [2.45, 2.75) is 19.8 Å². The number of aryl methyl sites for hydroxylation is 1. The molecule has 2 rings (SSSR count). The molecule has 27 heavy (non-hydrogen) atoms. The van der Waals surface area contributed by atoms with Crippen molar-refractivity contribution in [3.63, 3.8) is 0 Å². The van der Waals surface area contributed by atoms with Crippen molar-refractivity contribution in [1.29, 1.82) is 0 Å². The number of rotatable bonds is 8. The molecule has 0 saturated heterocycles. The molecule has 0 saturated carbocycles. The molecule has 0 aliphatic carbocycles. The number of carbonyl (C=O) groups is 3. The molecule has 0 aliphatic heterocycles. The molecule has 1 aromatic heterocycles. The Morgan fingerprint density at radius 3 is 2.48 bits per heavy atom. The second-order valence-corrected chi connectivity index (χ2v) is 5.76. The number of amides is 3. The summed E-state index contributed by atoms with van der Waals surface area (Å²) >= 11 is 0. The fraction of sp³-hybridized carbons (Fsp3) is 0.263. The standard InChI is InChI=1S/C19H22N4O4/c1-2-13-6-7-15(22-18(26)11-21-19(27)12-24)9-14(13)10-17(25)23-16-5-3-4-8-20-16/h3-9,24H,2,10-12H2,1H3,(H,21,27)(H,22,26)(H,20,23,25). The Labute approximate surface area is 157 Å². The number of aliphatic hydroxyl groups is 1. The van der Waals surface area contributed by atoms with Gasteiger partial charge in [-0.3, -0.25) is 14.4 Å². The van der Waals surface area contributed by atoms with E-state index in [1.165, 1.54) is 0 Å². The van der Waals surface area contributed by atoms with Crippen molar-refractivity contribution in [2.24, 2.45) is 0 Å². The summed E-state index contributed by atoms with van der Waals surface area (Å²) < 4.78 is 0. The average molecular weight is 370 g/mol. The smallest absolute Gasteiger partial charge is 0.246 e. The van der Waals surface area contributed by atoms with Gasteiger partial charge in [-0.1, -0.05) is 19.1 Å². The Hall–Kier alpha value is -3.26. The van der Waals surface area contributed by atoms with Gasteiger partial charge in [0.05, 0.1) is 13.0 Å². The van der Waals surface area contributed by atoms with E-state index in [2.05, 4.69) is 20.9 Å². The number of aliphatic hydroxyl groups excluding tert-OH is 1. The van der Waals surface area contributed by atoms with Crippen LogP contribution in [0.5, 0.6) is 0 Å². The van der Waals surface area contributed by atoms with Gasteiger partial charge in [0.25, 0.3) is 0 Å². The first-order chi connectivity index (χ1) is 13.0. The minimum Gasteiger partial charge on any atom is -0.387 e. The number of hydrogen-bond acceptors (Lipinski definition) is 5. The van der Waals surface area contributed by atoms with E-state index in [0.717, 1.165) is 17.5 Å². The van der Waals surface area contributed by atoms with Gasteiger partial charge < -0.3 is 21.1 Å². The molecule has 1 heterocycles. The largest absolute Gasteiger partial charge is 0.387 e. The van der Waals surface area contributed by atoms with Crippen molar-refractivity contribution < 1.29 is 19.5 Å². The molecule has 2 aromatic rings. The molecule has 4 N–H and O–H groups in total. The first kappa shape index (κ1) is 20.1. The van der Waals surface area contributed by atoms with Crippen LogP contribution in [-0.2, 0) is 27.2 Å². The van der Waals surface area contributed by atoms with Gasteiger partial charge in [0.1, 0.15) is 12.4 Å². The van der Waals surface area contributed by atoms with Gasteiger partial charge in [0.15, 0.2) is 0 Å². The van der Waals surface area contributed by atoms with Crippen LogP contribution >= 0.6 is 0 Å². The third-order valence-corrected chi connectivity index (χ3v) is 3.74. The van der Waals surface area contributed by atoms with Gasteiger partial charge in [-0.05, 0) is 41.8 Å². The van der Waals surface area contributed by atoms with E-state index in [9.17, 15) is 14.4 Å². The maximum atomic E-state index is 12.3. The lowest BCUT2D eigenvalue weighted by atomic mass is 10.0. The summed E-state index contributed by atoms with van der Waals surface area (Å²) in [6.45, 7) is 1.07. The number of benzene rings is 1. The van der Waals surface area contributed by atoms with Crippen LogP contribution in [0.4, 0.5) is 11.5 Å². The quantitative estimate of drug-likeness (QED) is 0.550. The second-order valence-electron chi connectivity index (χ2n) is 5.76. The third-order valence-electron chi connectivity index (χ3n) is 3.74. The summed E-state index contributed by atoms with van der Waals surface area (Å²) in [5.41, 5.74) is 2.32. The molecular formula is C19H22N4O4. The lowest BCUT2D eigenvalue weighted by Gasteiger charge is -2.12. The molecular weight excluding hydrogens is 348 g/mol. The molecule has 3 amide bonds. The number of pyridine rings is 1. The van der Waals surface area contributed by atoms with E-state index < -0.39 is 18.4 Å². The fourth-order valence-corrected chi connectivity index (χ4v) is 2.45. The van der Waals surface area contributed by atoms with E-state index in [1.807, 2.05) is 13.0 Å². The summed E-state index contributed by atoms with van der Waals surface area (Å²) in [5, 5.41) is 16.3. The SMILES string of the molecule is CCc1ccc(NC(=O)CNC(=O)CO)cc1CC(=O)Nc1ccccn1. The topological polar surface area (TPSA) is 120 Å². The minimum absolute atomic E-state index is 0.144. The van der Waals surface area contributed by atoms with Gasteiger partial charge in [0.2, 0.25) is 17.7 Å². The number of nitrogens with one attached hydrogen (secondary N) is 3. The number of aromatic nitrogens is 1. The van der Waals surface area contributed by atoms with Crippen molar-refractivity contribution in [1.82, 2.24) is 10.3 Å². The lowest BCUT2D eigenvalue weighted by Crippen LogP contribution is -2.34. The Bertz CT molecular complexity index is 809. The van der Waals surface area contributed by atoms with E-state index in [0.29, 0.717) is 11.5 Å². The molecule has 0 aliphatic rings. The van der Waals surface area contributed by atoms with Gasteiger partial charge in [-0.25, -0.2) is 4.98 Å². The normalized spacial score (nSPS) is 10.1. The van der Waals surface area contributed by atoms with Gasteiger partial charge in [-0.15, -0.1) is 0 Å². The van der Waals surface area contributed by atoms with Crippen molar-refractivity contribution in [2.75, 3.05) is 23.8 Å². The Kier molecular flexibility index (Phi) is 7.45. The van der Waals surface area contributed by atoms with Crippen LogP contribution in [0, 0.1) is 0 Å². The van der Waals surface area contributed by atoms with Crippen LogP contribution in [0.25, 0.3) is 0 Å². The monoisotopic (exact) mass is 370 g/mol. The first-order valence-electron chi connectivity index (χ1n) is 8.52. The van der Waals surface area contributed by atoms with Crippen molar-refractivity contribution in [3.8, 4) is 0 Å². The van der Waals surface area contributed by atoms with E-state index in [1.54, 1.807) is 36.5 Å². The first-order valence-corrected chi connectivity index (χ1v) is 8.52. The molecule has 8 nitrogen and oxygen atoms in total. The average Bonchev–Trinajstić information content (AvgIpc) is 2.67. The van der Waals surface area contributed by atoms with Crippen LogP contribution in [-0.4, -0.2) is 41.0 Å². The summed E-state index contributed by atoms with van der Waals surface area (Å²) in [5.74, 6) is -0.782. The van der Waals surface area contributed by atoms with Gasteiger partial charge in [-0.2, -0.15) is 0 Å². The summed E-state index contributed by atoms with van der Waals surface area (Å²) in [6, 6.07) is 10.6. The van der Waals surface area contributed by atoms with E-state index in [4.69, 9.17) is 5.11 Å². The highest BCUT2D eigenvalue weighted by Crippen LogP contribution is 2.18. The Morgan fingerprint density at radius 1 is 1.00 bits per heavy atom. The molecule has 0 spiro atoms. The van der Waals surface area contributed by atoms with Crippen molar-refractivity contribution in [3.05, 3.63) is 53.7 Å². The zero-order chi connectivity index (χ0) is 19.6. The predicted molar refractivity (Wildman–Crippen MR) is 101 cm³/mol. The lowest BCUT2D eigenvalue weighted by molar-refractivity contribution is -0.126. The van der Waals surface area contributed by atoms with Crippen LogP contribution in [0.1, 0.15) is 18.1 Å². The Morgan fingerprint density at radius 2 is 1.81 bits per heavy atom. The highest BCUT2D eigenvalue weighted by atomic mass is 16.3. The van der Waals surface area contributed by atoms with E-state index >= 15 is 0 Å². The summed E-state index contributed by atoms with van der Waals surface area (Å²) in [6.07, 6.45) is 2.48. The zero-order valence-corrected chi connectivity index (χ0v) is 15.0. The number of nitrogens with zero attached hydrogens (tertiary/aromatic N) is 1. The maximum Gasteiger partial charge on any atom is 0.246 e. The number of anilines is 2. The molecule has 1 aromatic carbocycles. The molecule has 142 valence electrons. The number of carbonyl (C=O) groups excluding carboxylic acids is 3. The molecule has 0 fully saturated rings. The minimum atomic E-state index is -0.673. The van der Waals surface area contributed by atoms with Gasteiger partial charge >= 0.3 is 0 Å². The third kappa shape index (κ3) is 6.52. The van der Waals surface area contributed by atoms with Crippen LogP contribution in [0.15, 0.2) is 42.6 Å².